The summed E-state index contributed by atoms with van der Waals surface area (Å²) in [5.74, 6) is 5.74. The maximum absolute atomic E-state index is 10.7. The first-order chi connectivity index (χ1) is 10.2. The molecular formula is C18H23NO2. The van der Waals surface area contributed by atoms with E-state index in [4.69, 9.17) is 5.11 Å². The molecule has 1 saturated carbocycles. The van der Waals surface area contributed by atoms with Gasteiger partial charge in [0.05, 0.1) is 6.54 Å². The number of benzene rings is 1. The third kappa shape index (κ3) is 5.24. The third-order valence-electron chi connectivity index (χ3n) is 4.16. The van der Waals surface area contributed by atoms with E-state index in [2.05, 4.69) is 17.2 Å². The van der Waals surface area contributed by atoms with Crippen LogP contribution in [0.15, 0.2) is 30.3 Å². The molecule has 0 aliphatic heterocycles. The van der Waals surface area contributed by atoms with Crippen molar-refractivity contribution in [2.24, 2.45) is 5.41 Å². The Kier molecular flexibility index (Phi) is 5.83. The van der Waals surface area contributed by atoms with E-state index in [-0.39, 0.29) is 12.0 Å². The first-order valence-corrected chi connectivity index (χ1v) is 7.67. The fraction of sp³-hybridized carbons (Fsp3) is 0.500. The van der Waals surface area contributed by atoms with Gasteiger partial charge in [-0.15, -0.1) is 0 Å². The second kappa shape index (κ2) is 7.85. The molecule has 0 amide bonds. The number of carboxylic acid groups (broad SMARTS) is 1. The topological polar surface area (TPSA) is 49.3 Å². The normalized spacial score (nSPS) is 16.8. The van der Waals surface area contributed by atoms with Crippen LogP contribution < -0.4 is 5.32 Å². The van der Waals surface area contributed by atoms with Gasteiger partial charge in [0.1, 0.15) is 0 Å². The standard InChI is InChI=1S/C18H23NO2/c20-17(21)14-19-15-18(11-5-2-6-12-18)13-7-10-16-8-3-1-4-9-16/h1,3-4,8-9,19H,2,5-6,11-15H2,(H,20,21). The summed E-state index contributed by atoms with van der Waals surface area (Å²) in [7, 11) is 0. The lowest BCUT2D eigenvalue weighted by atomic mass is 9.72. The van der Waals surface area contributed by atoms with Gasteiger partial charge in [0.2, 0.25) is 0 Å². The Labute approximate surface area is 126 Å². The molecule has 0 unspecified atom stereocenters. The van der Waals surface area contributed by atoms with E-state index in [9.17, 15) is 4.79 Å². The van der Waals surface area contributed by atoms with Crippen LogP contribution in [0.5, 0.6) is 0 Å². The van der Waals surface area contributed by atoms with Gasteiger partial charge in [-0.2, -0.15) is 0 Å². The van der Waals surface area contributed by atoms with Crippen molar-refractivity contribution < 1.29 is 9.90 Å². The molecule has 0 bridgehead atoms. The van der Waals surface area contributed by atoms with Gasteiger partial charge in [-0.3, -0.25) is 4.79 Å². The highest BCUT2D eigenvalue weighted by Gasteiger charge is 2.30. The molecule has 0 spiro atoms. The van der Waals surface area contributed by atoms with Gasteiger partial charge in [0, 0.05) is 18.5 Å². The minimum Gasteiger partial charge on any atom is -0.480 e. The van der Waals surface area contributed by atoms with Gasteiger partial charge in [0.15, 0.2) is 0 Å². The molecule has 112 valence electrons. The van der Waals surface area contributed by atoms with Crippen molar-refractivity contribution in [3.8, 4) is 11.8 Å². The highest BCUT2D eigenvalue weighted by Crippen LogP contribution is 2.38. The van der Waals surface area contributed by atoms with Crippen molar-refractivity contribution in [2.45, 2.75) is 38.5 Å². The molecule has 0 heterocycles. The predicted octanol–water partition coefficient (Wildman–Crippen LogP) is 3.05. The zero-order valence-electron chi connectivity index (χ0n) is 12.4. The van der Waals surface area contributed by atoms with Gasteiger partial charge >= 0.3 is 5.97 Å². The number of carboxylic acids is 1. The van der Waals surface area contributed by atoms with Crippen LogP contribution in [0.1, 0.15) is 44.1 Å². The molecule has 21 heavy (non-hydrogen) atoms. The number of hydrogen-bond donors (Lipinski definition) is 2. The molecule has 2 N–H and O–H groups in total. The lowest BCUT2D eigenvalue weighted by molar-refractivity contribution is -0.136. The number of aliphatic carboxylic acids is 1. The van der Waals surface area contributed by atoms with Crippen molar-refractivity contribution in [2.75, 3.05) is 13.1 Å². The Morgan fingerprint density at radius 2 is 1.90 bits per heavy atom. The van der Waals surface area contributed by atoms with Crippen LogP contribution in [0, 0.1) is 17.3 Å². The largest absolute Gasteiger partial charge is 0.480 e. The van der Waals surface area contributed by atoms with E-state index in [1.54, 1.807) is 0 Å². The van der Waals surface area contributed by atoms with Crippen molar-refractivity contribution in [3.05, 3.63) is 35.9 Å². The van der Waals surface area contributed by atoms with Crippen LogP contribution in [0.2, 0.25) is 0 Å². The van der Waals surface area contributed by atoms with Gasteiger partial charge in [0.25, 0.3) is 0 Å². The highest BCUT2D eigenvalue weighted by molar-refractivity contribution is 5.68. The maximum atomic E-state index is 10.7. The van der Waals surface area contributed by atoms with Crippen molar-refractivity contribution in [3.63, 3.8) is 0 Å². The van der Waals surface area contributed by atoms with Crippen LogP contribution in [0.4, 0.5) is 0 Å². The van der Waals surface area contributed by atoms with Crippen molar-refractivity contribution >= 4 is 5.97 Å². The van der Waals surface area contributed by atoms with Crippen molar-refractivity contribution in [1.82, 2.24) is 5.32 Å². The van der Waals surface area contributed by atoms with E-state index >= 15 is 0 Å². The quantitative estimate of drug-likeness (QED) is 0.818. The van der Waals surface area contributed by atoms with Gasteiger partial charge in [-0.25, -0.2) is 0 Å². The minimum atomic E-state index is -0.795. The number of carbonyl (C=O) groups is 1. The molecule has 3 nitrogen and oxygen atoms in total. The molecule has 1 aromatic rings. The summed E-state index contributed by atoms with van der Waals surface area (Å²) in [6.45, 7) is 0.788. The lowest BCUT2D eigenvalue weighted by Gasteiger charge is -2.36. The zero-order valence-corrected chi connectivity index (χ0v) is 12.4. The second-order valence-corrected chi connectivity index (χ2v) is 5.90. The Morgan fingerprint density at radius 3 is 2.57 bits per heavy atom. The Morgan fingerprint density at radius 1 is 1.19 bits per heavy atom. The van der Waals surface area contributed by atoms with Gasteiger partial charge in [-0.05, 0) is 30.4 Å². The minimum absolute atomic E-state index is 0.0356. The summed E-state index contributed by atoms with van der Waals surface area (Å²) >= 11 is 0. The fourth-order valence-electron chi connectivity index (χ4n) is 3.01. The van der Waals surface area contributed by atoms with Crippen LogP contribution in [-0.4, -0.2) is 24.2 Å². The first-order valence-electron chi connectivity index (χ1n) is 7.67. The molecule has 1 aliphatic carbocycles. The Hall–Kier alpha value is -1.79. The van der Waals surface area contributed by atoms with E-state index in [0.29, 0.717) is 0 Å². The van der Waals surface area contributed by atoms with Crippen LogP contribution in [0.25, 0.3) is 0 Å². The number of nitrogens with one attached hydrogen (secondary N) is 1. The maximum Gasteiger partial charge on any atom is 0.317 e. The third-order valence-corrected chi connectivity index (χ3v) is 4.16. The smallest absolute Gasteiger partial charge is 0.317 e. The summed E-state index contributed by atoms with van der Waals surface area (Å²) in [5.41, 5.74) is 1.19. The predicted molar refractivity (Wildman–Crippen MR) is 84.0 cm³/mol. The molecule has 1 aromatic carbocycles. The molecule has 0 aromatic heterocycles. The second-order valence-electron chi connectivity index (χ2n) is 5.90. The molecule has 3 heteroatoms. The first kappa shape index (κ1) is 15.6. The molecule has 2 rings (SSSR count). The average molecular weight is 285 g/mol. The Balaban J connectivity index is 1.96. The van der Waals surface area contributed by atoms with E-state index < -0.39 is 5.97 Å². The summed E-state index contributed by atoms with van der Waals surface area (Å²) in [6.07, 6.45) is 6.86. The highest BCUT2D eigenvalue weighted by atomic mass is 16.4. The van der Waals surface area contributed by atoms with Gasteiger partial charge < -0.3 is 10.4 Å². The lowest BCUT2D eigenvalue weighted by Crippen LogP contribution is -2.38. The Bertz CT molecular complexity index is 507. The van der Waals surface area contributed by atoms with E-state index in [1.807, 2.05) is 30.3 Å². The molecule has 0 saturated heterocycles. The summed E-state index contributed by atoms with van der Waals surface area (Å²) < 4.78 is 0. The van der Waals surface area contributed by atoms with Crippen molar-refractivity contribution in [1.29, 1.82) is 0 Å². The van der Waals surface area contributed by atoms with Gasteiger partial charge in [-0.1, -0.05) is 49.3 Å². The van der Waals surface area contributed by atoms with Crippen LogP contribution >= 0.6 is 0 Å². The van der Waals surface area contributed by atoms with Crippen LogP contribution in [0.3, 0.4) is 0 Å². The summed E-state index contributed by atoms with van der Waals surface area (Å²) in [4.78, 5) is 10.7. The molecule has 1 aliphatic rings. The number of hydrogen-bond acceptors (Lipinski definition) is 2. The monoisotopic (exact) mass is 285 g/mol. The van der Waals surface area contributed by atoms with E-state index in [1.165, 1.54) is 19.3 Å². The number of rotatable bonds is 5. The summed E-state index contributed by atoms with van der Waals surface area (Å²) in [5, 5.41) is 11.8. The molecular weight excluding hydrogens is 262 g/mol. The molecule has 0 atom stereocenters. The zero-order chi connectivity index (χ0) is 15.0. The van der Waals surface area contributed by atoms with Crippen LogP contribution in [-0.2, 0) is 4.79 Å². The van der Waals surface area contributed by atoms with E-state index in [0.717, 1.165) is 31.4 Å². The fourth-order valence-corrected chi connectivity index (χ4v) is 3.01. The average Bonchev–Trinajstić information content (AvgIpc) is 2.49. The SMILES string of the molecule is O=C(O)CNCC1(CC#Cc2ccccc2)CCCCC1. The molecule has 0 radical (unpaired) electrons. The molecule has 1 fully saturated rings. The summed E-state index contributed by atoms with van der Waals surface area (Å²) in [6, 6.07) is 10.0.